The van der Waals surface area contributed by atoms with Gasteiger partial charge in [-0.05, 0) is 35.0 Å². The van der Waals surface area contributed by atoms with Gasteiger partial charge in [0.1, 0.15) is 5.82 Å². The van der Waals surface area contributed by atoms with Crippen LogP contribution in [-0.2, 0) is 0 Å². The van der Waals surface area contributed by atoms with E-state index in [4.69, 9.17) is 0 Å². The molecule has 1 aromatic carbocycles. The van der Waals surface area contributed by atoms with Crippen LogP contribution in [0.5, 0.6) is 0 Å². The van der Waals surface area contributed by atoms with E-state index in [-0.39, 0.29) is 5.82 Å². The number of aromatic nitrogens is 2. The number of fused-ring (bicyclic) bond motifs is 1. The van der Waals surface area contributed by atoms with E-state index in [0.29, 0.717) is 4.47 Å². The number of aryl methyl sites for hydroxylation is 1. The molecule has 0 bridgehead atoms. The summed E-state index contributed by atoms with van der Waals surface area (Å²) in [6.07, 6.45) is 0. The third-order valence-corrected chi connectivity index (χ3v) is 2.57. The molecular formula is C8H6BrFN2. The summed E-state index contributed by atoms with van der Waals surface area (Å²) < 4.78 is 13.5. The van der Waals surface area contributed by atoms with Crippen molar-refractivity contribution >= 4 is 26.8 Å². The predicted octanol–water partition coefficient (Wildman–Crippen LogP) is 2.77. The van der Waals surface area contributed by atoms with Crippen molar-refractivity contribution in [1.82, 2.24) is 10.2 Å². The topological polar surface area (TPSA) is 28.7 Å². The smallest absolute Gasteiger partial charge is 0.138 e. The first-order valence-electron chi connectivity index (χ1n) is 3.49. The van der Waals surface area contributed by atoms with Crippen molar-refractivity contribution in [3.8, 4) is 0 Å². The van der Waals surface area contributed by atoms with Gasteiger partial charge in [0.2, 0.25) is 0 Å². The second-order valence-corrected chi connectivity index (χ2v) is 3.40. The number of H-pyrrole nitrogens is 1. The lowest BCUT2D eigenvalue weighted by Gasteiger charge is -1.95. The average Bonchev–Trinajstić information content (AvgIpc) is 2.41. The molecule has 2 nitrogen and oxygen atoms in total. The van der Waals surface area contributed by atoms with Crippen molar-refractivity contribution in [3.63, 3.8) is 0 Å². The summed E-state index contributed by atoms with van der Waals surface area (Å²) in [6.45, 7) is 1.86. The molecule has 0 fully saturated rings. The fourth-order valence-electron chi connectivity index (χ4n) is 1.19. The van der Waals surface area contributed by atoms with Gasteiger partial charge < -0.3 is 0 Å². The normalized spacial score (nSPS) is 10.9. The van der Waals surface area contributed by atoms with Crippen LogP contribution >= 0.6 is 15.9 Å². The average molecular weight is 229 g/mol. The SMILES string of the molecule is Cc1[nH]nc2ccc(F)c(Br)c12. The van der Waals surface area contributed by atoms with Gasteiger partial charge in [-0.3, -0.25) is 5.10 Å². The molecule has 0 unspecified atom stereocenters. The Hall–Kier alpha value is -0.900. The van der Waals surface area contributed by atoms with Crippen molar-refractivity contribution < 1.29 is 4.39 Å². The van der Waals surface area contributed by atoms with Gasteiger partial charge in [0.15, 0.2) is 0 Å². The van der Waals surface area contributed by atoms with E-state index in [9.17, 15) is 4.39 Å². The molecule has 2 aromatic rings. The van der Waals surface area contributed by atoms with Gasteiger partial charge in [-0.15, -0.1) is 0 Å². The van der Waals surface area contributed by atoms with Crippen LogP contribution < -0.4 is 0 Å². The van der Waals surface area contributed by atoms with E-state index in [1.807, 2.05) is 6.92 Å². The highest BCUT2D eigenvalue weighted by molar-refractivity contribution is 9.10. The molecule has 0 aliphatic heterocycles. The molecule has 12 heavy (non-hydrogen) atoms. The van der Waals surface area contributed by atoms with Crippen LogP contribution in [-0.4, -0.2) is 10.2 Å². The summed E-state index contributed by atoms with van der Waals surface area (Å²) in [5, 5.41) is 7.61. The van der Waals surface area contributed by atoms with E-state index >= 15 is 0 Å². The van der Waals surface area contributed by atoms with E-state index in [1.165, 1.54) is 6.07 Å². The standard InChI is InChI=1S/C8H6BrFN2/c1-4-7-6(12-11-4)3-2-5(10)8(7)9/h2-3H,1H3,(H,11,12). The largest absolute Gasteiger partial charge is 0.282 e. The zero-order valence-electron chi connectivity index (χ0n) is 6.36. The molecule has 0 atom stereocenters. The monoisotopic (exact) mass is 228 g/mol. The number of rotatable bonds is 0. The number of nitrogens with one attached hydrogen (secondary N) is 1. The molecule has 0 radical (unpaired) electrons. The van der Waals surface area contributed by atoms with E-state index in [2.05, 4.69) is 26.1 Å². The second kappa shape index (κ2) is 2.55. The van der Waals surface area contributed by atoms with Gasteiger partial charge in [0.25, 0.3) is 0 Å². The van der Waals surface area contributed by atoms with Crippen LogP contribution in [0.25, 0.3) is 10.9 Å². The van der Waals surface area contributed by atoms with Crippen molar-refractivity contribution in [1.29, 1.82) is 0 Å². The zero-order valence-corrected chi connectivity index (χ0v) is 7.94. The summed E-state index contributed by atoms with van der Waals surface area (Å²) >= 11 is 3.18. The van der Waals surface area contributed by atoms with Crippen LogP contribution in [0.1, 0.15) is 5.69 Å². The Balaban J connectivity index is 2.96. The first-order valence-corrected chi connectivity index (χ1v) is 4.28. The van der Waals surface area contributed by atoms with Gasteiger partial charge in [0, 0.05) is 11.1 Å². The van der Waals surface area contributed by atoms with Crippen LogP contribution in [0.3, 0.4) is 0 Å². The Labute approximate surface area is 76.9 Å². The van der Waals surface area contributed by atoms with Crippen LogP contribution in [0.4, 0.5) is 4.39 Å². The van der Waals surface area contributed by atoms with Crippen LogP contribution in [0.2, 0.25) is 0 Å². The first-order chi connectivity index (χ1) is 5.70. The molecule has 62 valence electrons. The van der Waals surface area contributed by atoms with Crippen molar-refractivity contribution in [2.75, 3.05) is 0 Å². The highest BCUT2D eigenvalue weighted by atomic mass is 79.9. The highest BCUT2D eigenvalue weighted by Crippen LogP contribution is 2.27. The lowest BCUT2D eigenvalue weighted by atomic mass is 10.2. The molecule has 4 heteroatoms. The van der Waals surface area contributed by atoms with E-state index in [1.54, 1.807) is 6.07 Å². The molecule has 0 saturated heterocycles. The number of hydrogen-bond acceptors (Lipinski definition) is 1. The molecule has 1 N–H and O–H groups in total. The minimum Gasteiger partial charge on any atom is -0.282 e. The summed E-state index contributed by atoms with van der Waals surface area (Å²) in [7, 11) is 0. The van der Waals surface area contributed by atoms with Crippen molar-refractivity contribution in [2.24, 2.45) is 0 Å². The number of nitrogens with zero attached hydrogens (tertiary/aromatic N) is 1. The number of hydrogen-bond donors (Lipinski definition) is 1. The third kappa shape index (κ3) is 0.948. The lowest BCUT2D eigenvalue weighted by molar-refractivity contribution is 0.623. The van der Waals surface area contributed by atoms with Crippen LogP contribution in [0, 0.1) is 12.7 Å². The molecule has 0 aliphatic rings. The summed E-state index contributed by atoms with van der Waals surface area (Å²) in [5.74, 6) is -0.257. The maximum absolute atomic E-state index is 13.0. The minimum absolute atomic E-state index is 0.257. The second-order valence-electron chi connectivity index (χ2n) is 2.60. The van der Waals surface area contributed by atoms with Gasteiger partial charge in [-0.1, -0.05) is 0 Å². The molecule has 1 aromatic heterocycles. The fraction of sp³-hybridized carbons (Fsp3) is 0.125. The lowest BCUT2D eigenvalue weighted by Crippen LogP contribution is -1.78. The number of benzene rings is 1. The Morgan fingerprint density at radius 2 is 2.25 bits per heavy atom. The fourth-order valence-corrected chi connectivity index (χ4v) is 1.82. The number of aromatic amines is 1. The van der Waals surface area contributed by atoms with Gasteiger partial charge in [0.05, 0.1) is 9.99 Å². The Morgan fingerprint density at radius 1 is 1.50 bits per heavy atom. The molecule has 0 spiro atoms. The molecule has 0 aliphatic carbocycles. The Bertz CT molecular complexity index is 436. The van der Waals surface area contributed by atoms with E-state index < -0.39 is 0 Å². The Kier molecular flexibility index (Phi) is 1.65. The van der Waals surface area contributed by atoms with Gasteiger partial charge in [-0.25, -0.2) is 4.39 Å². The quantitative estimate of drug-likeness (QED) is 0.739. The molecule has 2 rings (SSSR count). The number of halogens is 2. The first kappa shape index (κ1) is 7.73. The summed E-state index contributed by atoms with van der Waals surface area (Å²) in [5.41, 5.74) is 1.65. The third-order valence-electron chi connectivity index (χ3n) is 1.79. The summed E-state index contributed by atoms with van der Waals surface area (Å²) in [6, 6.07) is 3.05. The van der Waals surface area contributed by atoms with Crippen molar-refractivity contribution in [2.45, 2.75) is 6.92 Å². The molecule has 1 heterocycles. The molecule has 0 amide bonds. The zero-order chi connectivity index (χ0) is 8.72. The maximum Gasteiger partial charge on any atom is 0.138 e. The highest BCUT2D eigenvalue weighted by Gasteiger charge is 2.08. The van der Waals surface area contributed by atoms with Gasteiger partial charge >= 0.3 is 0 Å². The minimum atomic E-state index is -0.257. The van der Waals surface area contributed by atoms with Gasteiger partial charge in [-0.2, -0.15) is 5.10 Å². The predicted molar refractivity (Wildman–Crippen MR) is 48.5 cm³/mol. The molecule has 0 saturated carbocycles. The van der Waals surface area contributed by atoms with Crippen molar-refractivity contribution in [3.05, 3.63) is 28.1 Å². The maximum atomic E-state index is 13.0. The Morgan fingerprint density at radius 3 is 3.00 bits per heavy atom. The van der Waals surface area contributed by atoms with E-state index in [0.717, 1.165) is 16.6 Å². The van der Waals surface area contributed by atoms with Crippen LogP contribution in [0.15, 0.2) is 16.6 Å². The summed E-state index contributed by atoms with van der Waals surface area (Å²) in [4.78, 5) is 0. The molecular weight excluding hydrogens is 223 g/mol.